The summed E-state index contributed by atoms with van der Waals surface area (Å²) >= 11 is 5.42. The second kappa shape index (κ2) is 3.15. The molecule has 0 saturated heterocycles. The zero-order valence-corrected chi connectivity index (χ0v) is 8.27. The Morgan fingerprint density at radius 1 is 1.46 bits per heavy atom. The number of benzene rings is 1. The van der Waals surface area contributed by atoms with Crippen LogP contribution in [0.15, 0.2) is 18.2 Å². The molecule has 1 fully saturated rings. The molecular weight excluding hydrogens is 184 g/mol. The second-order valence-electron chi connectivity index (χ2n) is 3.62. The van der Waals surface area contributed by atoms with Gasteiger partial charge in [0.1, 0.15) is 0 Å². The van der Waals surface area contributed by atoms with E-state index in [0.717, 1.165) is 11.5 Å². The molecule has 0 radical (unpaired) electrons. The molecule has 0 N–H and O–H groups in total. The van der Waals surface area contributed by atoms with Gasteiger partial charge in [-0.3, -0.25) is 4.79 Å². The SMILES string of the molecule is Cc1cc(C2CC2)ccc1C(=O)Cl. The van der Waals surface area contributed by atoms with Crippen LogP contribution in [0.1, 0.15) is 40.2 Å². The van der Waals surface area contributed by atoms with Gasteiger partial charge in [-0.1, -0.05) is 12.1 Å². The van der Waals surface area contributed by atoms with Crippen molar-refractivity contribution >= 4 is 16.8 Å². The minimum absolute atomic E-state index is 0.361. The average molecular weight is 195 g/mol. The third-order valence-electron chi connectivity index (χ3n) is 2.51. The molecule has 0 aromatic heterocycles. The van der Waals surface area contributed by atoms with Crippen molar-refractivity contribution in [2.75, 3.05) is 0 Å². The van der Waals surface area contributed by atoms with Gasteiger partial charge in [0, 0.05) is 5.56 Å². The van der Waals surface area contributed by atoms with Gasteiger partial charge in [0.15, 0.2) is 0 Å². The van der Waals surface area contributed by atoms with Gasteiger partial charge in [0.25, 0.3) is 5.24 Å². The lowest BCUT2D eigenvalue weighted by Crippen LogP contribution is -1.94. The monoisotopic (exact) mass is 194 g/mol. The molecule has 2 rings (SSSR count). The summed E-state index contributed by atoms with van der Waals surface area (Å²) in [5.74, 6) is 0.734. The molecule has 68 valence electrons. The van der Waals surface area contributed by atoms with E-state index in [1.807, 2.05) is 19.1 Å². The number of hydrogen-bond donors (Lipinski definition) is 0. The molecule has 1 saturated carbocycles. The van der Waals surface area contributed by atoms with E-state index in [1.54, 1.807) is 0 Å². The first kappa shape index (κ1) is 8.76. The summed E-state index contributed by atoms with van der Waals surface area (Å²) in [6.07, 6.45) is 2.57. The zero-order valence-electron chi connectivity index (χ0n) is 7.51. The van der Waals surface area contributed by atoms with Gasteiger partial charge in [-0.15, -0.1) is 0 Å². The van der Waals surface area contributed by atoms with Gasteiger partial charge in [-0.05, 0) is 54.5 Å². The van der Waals surface area contributed by atoms with Crippen LogP contribution in [0.5, 0.6) is 0 Å². The molecule has 0 amide bonds. The molecule has 0 bridgehead atoms. The van der Waals surface area contributed by atoms with Crippen molar-refractivity contribution < 1.29 is 4.79 Å². The number of rotatable bonds is 2. The normalized spacial score (nSPS) is 15.8. The van der Waals surface area contributed by atoms with Gasteiger partial charge in [0.05, 0.1) is 0 Å². The number of carbonyl (C=O) groups excluding carboxylic acids is 1. The van der Waals surface area contributed by atoms with Crippen molar-refractivity contribution in [3.63, 3.8) is 0 Å². The maximum absolute atomic E-state index is 10.9. The van der Waals surface area contributed by atoms with E-state index in [4.69, 9.17) is 11.6 Å². The second-order valence-corrected chi connectivity index (χ2v) is 3.97. The van der Waals surface area contributed by atoms with Crippen molar-refractivity contribution in [3.8, 4) is 0 Å². The fourth-order valence-electron chi connectivity index (χ4n) is 1.58. The maximum atomic E-state index is 10.9. The summed E-state index contributed by atoms with van der Waals surface area (Å²) in [4.78, 5) is 10.9. The van der Waals surface area contributed by atoms with Gasteiger partial charge in [-0.25, -0.2) is 0 Å². The highest BCUT2D eigenvalue weighted by molar-refractivity contribution is 6.67. The third kappa shape index (κ3) is 1.75. The predicted octanol–water partition coefficient (Wildman–Crippen LogP) is 3.25. The molecule has 1 aliphatic rings. The third-order valence-corrected chi connectivity index (χ3v) is 2.71. The summed E-state index contributed by atoms with van der Waals surface area (Å²) in [6.45, 7) is 1.93. The largest absolute Gasteiger partial charge is 0.276 e. The molecule has 0 spiro atoms. The van der Waals surface area contributed by atoms with Crippen LogP contribution in [-0.4, -0.2) is 5.24 Å². The Bertz CT molecular complexity index is 353. The predicted molar refractivity (Wildman–Crippen MR) is 53.3 cm³/mol. The van der Waals surface area contributed by atoms with Crippen LogP contribution in [0, 0.1) is 6.92 Å². The Morgan fingerprint density at radius 2 is 2.15 bits per heavy atom. The van der Waals surface area contributed by atoms with Crippen molar-refractivity contribution in [1.82, 2.24) is 0 Å². The summed E-state index contributed by atoms with van der Waals surface area (Å²) in [6, 6.07) is 5.92. The topological polar surface area (TPSA) is 17.1 Å². The first-order chi connectivity index (χ1) is 6.18. The maximum Gasteiger partial charge on any atom is 0.252 e. The zero-order chi connectivity index (χ0) is 9.42. The lowest BCUT2D eigenvalue weighted by molar-refractivity contribution is 0.108. The van der Waals surface area contributed by atoms with E-state index in [2.05, 4.69) is 6.07 Å². The van der Waals surface area contributed by atoms with Gasteiger partial charge in [-0.2, -0.15) is 0 Å². The smallest absolute Gasteiger partial charge is 0.252 e. The van der Waals surface area contributed by atoms with Crippen LogP contribution < -0.4 is 0 Å². The number of aryl methyl sites for hydroxylation is 1. The summed E-state index contributed by atoms with van der Waals surface area (Å²) in [7, 11) is 0. The molecule has 2 heteroatoms. The molecule has 1 aromatic rings. The van der Waals surface area contributed by atoms with E-state index in [1.165, 1.54) is 18.4 Å². The highest BCUT2D eigenvalue weighted by atomic mass is 35.5. The lowest BCUT2D eigenvalue weighted by atomic mass is 10.0. The Kier molecular flexibility index (Phi) is 2.12. The minimum Gasteiger partial charge on any atom is -0.276 e. The molecule has 0 unspecified atom stereocenters. The van der Waals surface area contributed by atoms with Crippen LogP contribution in [0.25, 0.3) is 0 Å². The van der Waals surface area contributed by atoms with Crippen molar-refractivity contribution in [1.29, 1.82) is 0 Å². The van der Waals surface area contributed by atoms with E-state index in [9.17, 15) is 4.79 Å². The quantitative estimate of drug-likeness (QED) is 0.661. The molecular formula is C11H11ClO. The Balaban J connectivity index is 2.36. The number of halogens is 1. The van der Waals surface area contributed by atoms with Crippen LogP contribution in [0.4, 0.5) is 0 Å². The highest BCUT2D eigenvalue weighted by Gasteiger charge is 2.23. The molecule has 1 aromatic carbocycles. The van der Waals surface area contributed by atoms with Crippen LogP contribution >= 0.6 is 11.6 Å². The van der Waals surface area contributed by atoms with Gasteiger partial charge in [0.2, 0.25) is 0 Å². The van der Waals surface area contributed by atoms with E-state index in [0.29, 0.717) is 5.56 Å². The van der Waals surface area contributed by atoms with Crippen molar-refractivity contribution in [2.24, 2.45) is 0 Å². The van der Waals surface area contributed by atoms with Crippen molar-refractivity contribution in [2.45, 2.75) is 25.7 Å². The average Bonchev–Trinajstić information content (AvgIpc) is 2.85. The fraction of sp³-hybridized carbons (Fsp3) is 0.364. The highest BCUT2D eigenvalue weighted by Crippen LogP contribution is 2.40. The molecule has 13 heavy (non-hydrogen) atoms. The Labute approximate surface area is 82.7 Å². The summed E-state index contributed by atoms with van der Waals surface area (Å²) in [5, 5.41) is -0.361. The molecule has 1 nitrogen and oxygen atoms in total. The first-order valence-electron chi connectivity index (χ1n) is 4.49. The van der Waals surface area contributed by atoms with E-state index >= 15 is 0 Å². The molecule has 0 aliphatic heterocycles. The summed E-state index contributed by atoms with van der Waals surface area (Å²) < 4.78 is 0. The fourth-order valence-corrected chi connectivity index (χ4v) is 1.79. The Morgan fingerprint density at radius 3 is 2.62 bits per heavy atom. The van der Waals surface area contributed by atoms with Gasteiger partial charge >= 0.3 is 0 Å². The van der Waals surface area contributed by atoms with Crippen LogP contribution in [0.3, 0.4) is 0 Å². The van der Waals surface area contributed by atoms with E-state index in [-0.39, 0.29) is 5.24 Å². The van der Waals surface area contributed by atoms with Crippen molar-refractivity contribution in [3.05, 3.63) is 34.9 Å². The van der Waals surface area contributed by atoms with E-state index < -0.39 is 0 Å². The number of carbonyl (C=O) groups is 1. The lowest BCUT2D eigenvalue weighted by Gasteiger charge is -2.03. The Hall–Kier alpha value is -0.820. The summed E-state index contributed by atoms with van der Waals surface area (Å²) in [5.41, 5.74) is 2.97. The molecule has 0 heterocycles. The molecule has 0 atom stereocenters. The van der Waals surface area contributed by atoms with Gasteiger partial charge < -0.3 is 0 Å². The van der Waals surface area contributed by atoms with Crippen LogP contribution in [0.2, 0.25) is 0 Å². The first-order valence-corrected chi connectivity index (χ1v) is 4.86. The van der Waals surface area contributed by atoms with Crippen LogP contribution in [-0.2, 0) is 0 Å². The minimum atomic E-state index is -0.361. The standard InChI is InChI=1S/C11H11ClO/c1-7-6-9(8-2-3-8)4-5-10(7)11(12)13/h4-6,8H,2-3H2,1H3. The number of hydrogen-bond acceptors (Lipinski definition) is 1. The molecule has 1 aliphatic carbocycles.